The van der Waals surface area contributed by atoms with Crippen LogP contribution in [0.5, 0.6) is 0 Å². The molecule has 0 radical (unpaired) electrons. The summed E-state index contributed by atoms with van der Waals surface area (Å²) in [5, 5.41) is 0. The van der Waals surface area contributed by atoms with Gasteiger partial charge in [0.25, 0.3) is 0 Å². The number of methoxy groups -OCH3 is 6. The summed E-state index contributed by atoms with van der Waals surface area (Å²) in [5.74, 6) is 0. The van der Waals surface area contributed by atoms with Crippen LogP contribution in [-0.2, 0) is 57.8 Å². The van der Waals surface area contributed by atoms with Gasteiger partial charge in [-0.2, -0.15) is 0 Å². The van der Waals surface area contributed by atoms with Crippen LogP contribution in [-0.4, -0.2) is 82.3 Å². The summed E-state index contributed by atoms with van der Waals surface area (Å²) in [6.07, 6.45) is 0. The minimum atomic E-state index is -1.92. The first-order chi connectivity index (χ1) is 12.2. The maximum atomic E-state index is 4.97. The third-order valence-electron chi connectivity index (χ3n) is 1.47. The molecule has 0 aliphatic carbocycles. The predicted molar refractivity (Wildman–Crippen MR) is 106 cm³/mol. The zero-order valence-corrected chi connectivity index (χ0v) is 23.6. The summed E-state index contributed by atoms with van der Waals surface area (Å²) in [6, 6.07) is 0. The van der Waals surface area contributed by atoms with Gasteiger partial charge in [-0.1, -0.05) is 0 Å². The first-order valence-electron chi connectivity index (χ1n) is 6.82. The van der Waals surface area contributed by atoms with E-state index in [-0.39, 0.29) is 0 Å². The van der Waals surface area contributed by atoms with E-state index in [9.17, 15) is 0 Å². The van der Waals surface area contributed by atoms with Crippen molar-refractivity contribution < 1.29 is 57.8 Å². The van der Waals surface area contributed by atoms with E-state index in [2.05, 4.69) is 28.4 Å². The second kappa shape index (κ2) is 46.2. The van der Waals surface area contributed by atoms with Crippen molar-refractivity contribution in [3.63, 3.8) is 0 Å². The van der Waals surface area contributed by atoms with Crippen molar-refractivity contribution in [1.29, 1.82) is 0 Å². The van der Waals surface area contributed by atoms with Crippen LogP contribution in [0.15, 0.2) is 0 Å². The number of ether oxygens (including phenoxy) is 6. The van der Waals surface area contributed by atoms with Crippen LogP contribution in [0.2, 0.25) is 0 Å². The molecule has 0 unspecified atom stereocenters. The molecule has 0 aliphatic heterocycles. The fraction of sp³-hybridized carbons (Fsp3) is 1.00. The minimum absolute atomic E-state index is 0.691. The van der Waals surface area contributed by atoms with Crippen LogP contribution < -0.4 is 0 Å². The Bertz CT molecular complexity index is 150. The molecule has 0 saturated carbocycles. The van der Waals surface area contributed by atoms with Crippen molar-refractivity contribution in [2.24, 2.45) is 0 Å². The Balaban J connectivity index is -0.0000000716. The molecule has 26 heavy (non-hydrogen) atoms. The Kier molecular flexibility index (Phi) is 70.1. The quantitative estimate of drug-likeness (QED) is 0.285. The maximum absolute atomic E-state index is 4.97. The molecule has 0 heterocycles. The fourth-order valence-electron chi connectivity index (χ4n) is 0.500. The number of hydrogen-bond donors (Lipinski definition) is 0. The van der Waals surface area contributed by atoms with Gasteiger partial charge in [0.05, 0.1) is 39.6 Å². The number of rotatable bonds is 9. The Labute approximate surface area is 194 Å². The van der Waals surface area contributed by atoms with Crippen LogP contribution in [0.1, 0.15) is 0 Å². The molecule has 0 aromatic rings. The van der Waals surface area contributed by atoms with Crippen molar-refractivity contribution in [2.45, 2.75) is 0 Å². The van der Waals surface area contributed by atoms with Crippen molar-refractivity contribution >= 4 is 55.8 Å². The average molecular weight is 579 g/mol. The van der Waals surface area contributed by atoms with Crippen LogP contribution in [0.3, 0.4) is 0 Å². The molecule has 6 nitrogen and oxygen atoms in total. The van der Waals surface area contributed by atoms with E-state index in [1.807, 2.05) is 0 Å². The molecule has 0 fully saturated rings. The molecule has 14 heteroatoms. The Morgan fingerprint density at radius 3 is 0.500 bits per heavy atom. The SMILES string of the molecule is COCCOC.COCCOC.COCCOC.[Cl][Ti]([Cl])[Cl].[Cl][Ti]([Cl])[Cl]. The zero-order valence-electron chi connectivity index (χ0n) is 16.0. The van der Waals surface area contributed by atoms with Gasteiger partial charge in [0.1, 0.15) is 0 Å². The van der Waals surface area contributed by atoms with Gasteiger partial charge in [-0.3, -0.25) is 0 Å². The van der Waals surface area contributed by atoms with Crippen molar-refractivity contribution in [3.05, 3.63) is 0 Å². The predicted octanol–water partition coefficient (Wildman–Crippen LogP) is 4.97. The Hall–Kier alpha value is 2.93. The molecule has 164 valence electrons. The molecule has 0 rings (SSSR count). The van der Waals surface area contributed by atoms with Crippen LogP contribution >= 0.6 is 55.8 Å². The third kappa shape index (κ3) is 127. The Morgan fingerprint density at radius 1 is 0.385 bits per heavy atom. The van der Waals surface area contributed by atoms with Crippen molar-refractivity contribution in [1.82, 2.24) is 0 Å². The van der Waals surface area contributed by atoms with E-state index in [1.165, 1.54) is 0 Å². The summed E-state index contributed by atoms with van der Waals surface area (Å²) in [5.41, 5.74) is 0. The molecule has 0 aromatic heterocycles. The summed E-state index contributed by atoms with van der Waals surface area (Å²) in [4.78, 5) is 0. The van der Waals surface area contributed by atoms with Crippen molar-refractivity contribution in [2.75, 3.05) is 82.3 Å². The van der Waals surface area contributed by atoms with Gasteiger partial charge < -0.3 is 28.4 Å². The van der Waals surface area contributed by atoms with Gasteiger partial charge in [0.15, 0.2) is 0 Å². The van der Waals surface area contributed by atoms with Crippen LogP contribution in [0.4, 0.5) is 0 Å². The van der Waals surface area contributed by atoms with Gasteiger partial charge in [0, 0.05) is 42.7 Å². The first kappa shape index (κ1) is 39.4. The van der Waals surface area contributed by atoms with Crippen LogP contribution in [0, 0.1) is 0 Å². The molecule has 0 bridgehead atoms. The third-order valence-corrected chi connectivity index (χ3v) is 1.47. The molecule has 0 saturated heterocycles. The van der Waals surface area contributed by atoms with E-state index in [4.69, 9.17) is 55.8 Å². The molecule has 0 amide bonds. The van der Waals surface area contributed by atoms with E-state index in [0.29, 0.717) is 39.6 Å². The van der Waals surface area contributed by atoms with Gasteiger partial charge in [-0.05, 0) is 0 Å². The van der Waals surface area contributed by atoms with Crippen molar-refractivity contribution in [3.8, 4) is 0 Å². The fourth-order valence-corrected chi connectivity index (χ4v) is 0.500. The normalized spacial score (nSPS) is 8.31. The van der Waals surface area contributed by atoms with Crippen LogP contribution in [0.25, 0.3) is 0 Å². The average Bonchev–Trinajstić information content (AvgIpc) is 2.56. The first-order valence-corrected chi connectivity index (χ1v) is 19.7. The number of halogens is 6. The second-order valence-corrected chi connectivity index (χ2v) is 18.9. The summed E-state index contributed by atoms with van der Waals surface area (Å²) >= 11 is -3.83. The summed E-state index contributed by atoms with van der Waals surface area (Å²) < 4.78 is 27.9. The standard InChI is InChI=1S/3C4H10O2.6ClH.2Ti/c3*1-5-3-4-6-2;;;;;;;;/h3*3-4H2,1-2H3;6*1H;;/q;;;;;;;;;2*+3/p-6. The molecular weight excluding hydrogens is 549 g/mol. The second-order valence-electron chi connectivity index (χ2n) is 3.39. The van der Waals surface area contributed by atoms with E-state index in [1.54, 1.807) is 42.7 Å². The molecule has 0 spiro atoms. The van der Waals surface area contributed by atoms with Gasteiger partial charge >= 0.3 is 85.2 Å². The molecule has 0 N–H and O–H groups in total. The van der Waals surface area contributed by atoms with Gasteiger partial charge in [-0.15, -0.1) is 0 Å². The monoisotopic (exact) mass is 576 g/mol. The van der Waals surface area contributed by atoms with E-state index >= 15 is 0 Å². The Morgan fingerprint density at radius 2 is 0.462 bits per heavy atom. The van der Waals surface area contributed by atoms with E-state index in [0.717, 1.165) is 0 Å². The molecule has 0 atom stereocenters. The van der Waals surface area contributed by atoms with Gasteiger partial charge in [-0.25, -0.2) is 0 Å². The summed E-state index contributed by atoms with van der Waals surface area (Å²) in [6.45, 7) is 4.15. The zero-order chi connectivity index (χ0) is 21.6. The van der Waals surface area contributed by atoms with E-state index < -0.39 is 29.4 Å². The van der Waals surface area contributed by atoms with Gasteiger partial charge in [0.2, 0.25) is 0 Å². The topological polar surface area (TPSA) is 55.4 Å². The molecule has 0 aliphatic rings. The molecule has 0 aromatic carbocycles. The molecular formula is C12H30Cl6O6Ti2. The summed E-state index contributed by atoms with van der Waals surface area (Å²) in [7, 11) is 39.7. The number of hydrogen-bond acceptors (Lipinski definition) is 6.